The summed E-state index contributed by atoms with van der Waals surface area (Å²) in [6.07, 6.45) is 3.42. The second-order valence-electron chi connectivity index (χ2n) is 6.17. The molecule has 0 aliphatic heterocycles. The van der Waals surface area contributed by atoms with Gasteiger partial charge in [-0.1, -0.05) is 20.3 Å². The Morgan fingerprint density at radius 3 is 2.29 bits per heavy atom. The fraction of sp³-hybridized carbons (Fsp3) is 0.917. The number of hydrogen-bond donors (Lipinski definition) is 1. The Balaban J connectivity index is 2.62. The van der Waals surface area contributed by atoms with Crippen LogP contribution in [0.25, 0.3) is 0 Å². The smallest absolute Gasteiger partial charge is 0.224 e. The predicted molar refractivity (Wildman–Crippen MR) is 59.0 cm³/mol. The minimum atomic E-state index is -0.101. The van der Waals surface area contributed by atoms with Crippen LogP contribution in [0.1, 0.15) is 53.9 Å². The highest BCUT2D eigenvalue weighted by atomic mass is 16.2. The Morgan fingerprint density at radius 2 is 1.93 bits per heavy atom. The molecule has 0 heterocycles. The number of carbonyl (C=O) groups excluding carboxylic acids is 1. The summed E-state index contributed by atoms with van der Waals surface area (Å²) in [6.45, 7) is 10.5. The third-order valence-electron chi connectivity index (χ3n) is 3.07. The van der Waals surface area contributed by atoms with Gasteiger partial charge in [0.15, 0.2) is 0 Å². The quantitative estimate of drug-likeness (QED) is 0.688. The first kappa shape index (κ1) is 11.5. The first-order valence-electron chi connectivity index (χ1n) is 5.54. The summed E-state index contributed by atoms with van der Waals surface area (Å²) in [7, 11) is 0. The van der Waals surface area contributed by atoms with Gasteiger partial charge in [0.2, 0.25) is 5.91 Å². The van der Waals surface area contributed by atoms with Gasteiger partial charge in [-0.3, -0.25) is 4.79 Å². The summed E-state index contributed by atoms with van der Waals surface area (Å²) in [5.74, 6) is 0.446. The molecule has 0 radical (unpaired) electrons. The third-order valence-corrected chi connectivity index (χ3v) is 3.07. The van der Waals surface area contributed by atoms with Crippen molar-refractivity contribution >= 4 is 5.91 Å². The zero-order valence-corrected chi connectivity index (χ0v) is 10.1. The number of nitrogens with one attached hydrogen (secondary N) is 1. The minimum Gasteiger partial charge on any atom is -0.351 e. The fourth-order valence-electron chi connectivity index (χ4n) is 2.27. The lowest BCUT2D eigenvalue weighted by molar-refractivity contribution is -0.129. The zero-order chi connectivity index (χ0) is 11.0. The molecule has 1 unspecified atom stereocenters. The van der Waals surface area contributed by atoms with Crippen molar-refractivity contribution in [2.75, 3.05) is 0 Å². The lowest BCUT2D eigenvalue weighted by Crippen LogP contribution is -2.46. The molecule has 0 bridgehead atoms. The molecular weight excluding hydrogens is 174 g/mol. The van der Waals surface area contributed by atoms with Crippen molar-refractivity contribution in [3.05, 3.63) is 0 Å². The molecule has 1 N–H and O–H groups in total. The molecule has 1 aliphatic rings. The van der Waals surface area contributed by atoms with E-state index in [0.717, 1.165) is 6.42 Å². The SMILES string of the molecule is CC(C)(C)NC(=O)C1CCCC1(C)C. The summed E-state index contributed by atoms with van der Waals surface area (Å²) in [5.41, 5.74) is 0.0884. The van der Waals surface area contributed by atoms with Crippen molar-refractivity contribution in [1.29, 1.82) is 0 Å². The highest BCUT2D eigenvalue weighted by Crippen LogP contribution is 2.42. The third kappa shape index (κ3) is 2.73. The molecule has 1 fully saturated rings. The van der Waals surface area contributed by atoms with Gasteiger partial charge in [0.25, 0.3) is 0 Å². The fourth-order valence-corrected chi connectivity index (χ4v) is 2.27. The van der Waals surface area contributed by atoms with Gasteiger partial charge in [-0.2, -0.15) is 0 Å². The van der Waals surface area contributed by atoms with Crippen LogP contribution >= 0.6 is 0 Å². The largest absolute Gasteiger partial charge is 0.351 e. The van der Waals surface area contributed by atoms with Gasteiger partial charge < -0.3 is 5.32 Å². The van der Waals surface area contributed by atoms with Crippen LogP contribution in [0, 0.1) is 11.3 Å². The normalized spacial score (nSPS) is 26.2. The average Bonchev–Trinajstić information content (AvgIpc) is 2.25. The van der Waals surface area contributed by atoms with Gasteiger partial charge >= 0.3 is 0 Å². The summed E-state index contributed by atoms with van der Waals surface area (Å²) in [5, 5.41) is 3.08. The summed E-state index contributed by atoms with van der Waals surface area (Å²) in [4.78, 5) is 12.0. The first-order chi connectivity index (χ1) is 6.22. The molecule has 1 atom stereocenters. The standard InChI is InChI=1S/C12H23NO/c1-11(2,3)13-10(14)9-7-6-8-12(9,4)5/h9H,6-8H2,1-5H3,(H,13,14). The number of amides is 1. The lowest BCUT2D eigenvalue weighted by atomic mass is 9.81. The summed E-state index contributed by atoms with van der Waals surface area (Å²) < 4.78 is 0. The minimum absolute atomic E-state index is 0.101. The monoisotopic (exact) mass is 197 g/mol. The molecule has 1 rings (SSSR count). The maximum absolute atomic E-state index is 12.0. The van der Waals surface area contributed by atoms with Gasteiger partial charge in [0, 0.05) is 11.5 Å². The highest BCUT2D eigenvalue weighted by molar-refractivity contribution is 5.80. The van der Waals surface area contributed by atoms with Crippen LogP contribution in [-0.2, 0) is 4.79 Å². The maximum Gasteiger partial charge on any atom is 0.224 e. The molecule has 1 saturated carbocycles. The van der Waals surface area contributed by atoms with E-state index in [4.69, 9.17) is 0 Å². The summed E-state index contributed by atoms with van der Waals surface area (Å²) in [6, 6.07) is 0. The molecule has 0 spiro atoms. The number of rotatable bonds is 1. The van der Waals surface area contributed by atoms with E-state index < -0.39 is 0 Å². The van der Waals surface area contributed by atoms with Gasteiger partial charge in [-0.15, -0.1) is 0 Å². The van der Waals surface area contributed by atoms with E-state index in [1.54, 1.807) is 0 Å². The predicted octanol–water partition coefficient (Wildman–Crippen LogP) is 2.73. The number of hydrogen-bond acceptors (Lipinski definition) is 1. The molecule has 1 amide bonds. The Kier molecular flexibility index (Phi) is 2.93. The molecule has 2 heteroatoms. The van der Waals surface area contributed by atoms with E-state index in [2.05, 4.69) is 19.2 Å². The Labute approximate surface area is 87.5 Å². The Bertz CT molecular complexity index is 225. The molecule has 0 aromatic heterocycles. The Morgan fingerprint density at radius 1 is 1.36 bits per heavy atom. The molecule has 82 valence electrons. The van der Waals surface area contributed by atoms with Crippen molar-refractivity contribution in [2.24, 2.45) is 11.3 Å². The van der Waals surface area contributed by atoms with E-state index in [1.807, 2.05) is 20.8 Å². The lowest BCUT2D eigenvalue weighted by Gasteiger charge is -2.29. The molecule has 0 aromatic rings. The van der Waals surface area contributed by atoms with Crippen LogP contribution in [0.15, 0.2) is 0 Å². The van der Waals surface area contributed by atoms with Gasteiger partial charge in [-0.05, 0) is 39.0 Å². The molecular formula is C12H23NO. The summed E-state index contributed by atoms with van der Waals surface area (Å²) >= 11 is 0. The Hall–Kier alpha value is -0.530. The van der Waals surface area contributed by atoms with Crippen LogP contribution in [0.4, 0.5) is 0 Å². The zero-order valence-electron chi connectivity index (χ0n) is 10.1. The highest BCUT2D eigenvalue weighted by Gasteiger charge is 2.39. The topological polar surface area (TPSA) is 29.1 Å². The van der Waals surface area contributed by atoms with Crippen molar-refractivity contribution in [3.8, 4) is 0 Å². The van der Waals surface area contributed by atoms with E-state index in [1.165, 1.54) is 12.8 Å². The van der Waals surface area contributed by atoms with E-state index >= 15 is 0 Å². The van der Waals surface area contributed by atoms with Crippen molar-refractivity contribution in [2.45, 2.75) is 59.4 Å². The van der Waals surface area contributed by atoms with Crippen molar-refractivity contribution < 1.29 is 4.79 Å². The molecule has 0 aromatic carbocycles. The maximum atomic E-state index is 12.0. The van der Waals surface area contributed by atoms with Crippen molar-refractivity contribution in [3.63, 3.8) is 0 Å². The second kappa shape index (κ2) is 3.56. The average molecular weight is 197 g/mol. The van der Waals surface area contributed by atoms with Crippen LogP contribution < -0.4 is 5.32 Å². The van der Waals surface area contributed by atoms with Gasteiger partial charge in [0.05, 0.1) is 0 Å². The van der Waals surface area contributed by atoms with Crippen LogP contribution in [0.3, 0.4) is 0 Å². The van der Waals surface area contributed by atoms with E-state index in [9.17, 15) is 4.79 Å². The first-order valence-corrected chi connectivity index (χ1v) is 5.54. The number of carbonyl (C=O) groups is 1. The molecule has 0 saturated heterocycles. The molecule has 1 aliphatic carbocycles. The second-order valence-corrected chi connectivity index (χ2v) is 6.17. The van der Waals surface area contributed by atoms with E-state index in [0.29, 0.717) is 0 Å². The molecule has 2 nitrogen and oxygen atoms in total. The van der Waals surface area contributed by atoms with Crippen LogP contribution in [0.2, 0.25) is 0 Å². The van der Waals surface area contributed by atoms with Crippen LogP contribution in [0.5, 0.6) is 0 Å². The molecule has 14 heavy (non-hydrogen) atoms. The van der Waals surface area contributed by atoms with Crippen LogP contribution in [-0.4, -0.2) is 11.4 Å². The van der Waals surface area contributed by atoms with E-state index in [-0.39, 0.29) is 22.8 Å². The van der Waals surface area contributed by atoms with Crippen molar-refractivity contribution in [1.82, 2.24) is 5.32 Å². The van der Waals surface area contributed by atoms with Gasteiger partial charge in [-0.25, -0.2) is 0 Å². The van der Waals surface area contributed by atoms with Gasteiger partial charge in [0.1, 0.15) is 0 Å².